The topological polar surface area (TPSA) is 68.3 Å². The van der Waals surface area contributed by atoms with Gasteiger partial charge in [0.05, 0.1) is 16.8 Å². The number of nitrogens with one attached hydrogen (secondary N) is 1. The van der Waals surface area contributed by atoms with Gasteiger partial charge in [-0.3, -0.25) is 9.78 Å². The van der Waals surface area contributed by atoms with Crippen molar-refractivity contribution in [3.8, 4) is 0 Å². The van der Waals surface area contributed by atoms with Gasteiger partial charge >= 0.3 is 5.97 Å². The number of pyridine rings is 1. The first-order valence-electron chi connectivity index (χ1n) is 8.18. The normalized spacial score (nSPS) is 11.9. The zero-order valence-electron chi connectivity index (χ0n) is 14.6. The van der Waals surface area contributed by atoms with Crippen LogP contribution in [0.2, 0.25) is 0 Å². The zero-order chi connectivity index (χ0) is 19.6. The van der Waals surface area contributed by atoms with Gasteiger partial charge in [0.2, 0.25) is 0 Å². The lowest BCUT2D eigenvalue weighted by Crippen LogP contribution is -2.30. The molecule has 0 aliphatic rings. The summed E-state index contributed by atoms with van der Waals surface area (Å²) in [4.78, 5) is 29.1. The fraction of sp³-hybridized carbons (Fsp3) is 0.150. The number of hydrogen-bond donors (Lipinski definition) is 1. The number of carbonyl (C=O) groups excluding carboxylic acids is 2. The third kappa shape index (κ3) is 4.08. The van der Waals surface area contributed by atoms with Crippen molar-refractivity contribution in [2.75, 3.05) is 5.32 Å². The molecule has 138 valence electrons. The summed E-state index contributed by atoms with van der Waals surface area (Å²) >= 11 is 0. The number of rotatable bonds is 4. The van der Waals surface area contributed by atoms with E-state index in [0.717, 1.165) is 18.2 Å². The summed E-state index contributed by atoms with van der Waals surface area (Å²) in [6.45, 7) is 3.09. The van der Waals surface area contributed by atoms with E-state index in [9.17, 15) is 18.4 Å². The monoisotopic (exact) mass is 370 g/mol. The molecule has 0 saturated heterocycles. The molecule has 0 bridgehead atoms. The number of esters is 1. The van der Waals surface area contributed by atoms with E-state index >= 15 is 0 Å². The summed E-state index contributed by atoms with van der Waals surface area (Å²) in [5.41, 5.74) is 1.20. The standard InChI is InChI=1S/C20H16F2N2O3/c1-11-9-15(14-5-3-4-6-17(14)23-11)20(26)27-12(2)19(25)24-18-10-13(21)7-8-16(18)22/h3-10,12H,1-2H3,(H,24,25)/t12-/m1/s1. The summed E-state index contributed by atoms with van der Waals surface area (Å²) in [6, 6.07) is 11.3. The van der Waals surface area contributed by atoms with E-state index in [-0.39, 0.29) is 11.3 Å². The van der Waals surface area contributed by atoms with E-state index in [4.69, 9.17) is 4.74 Å². The van der Waals surface area contributed by atoms with E-state index in [0.29, 0.717) is 16.6 Å². The van der Waals surface area contributed by atoms with Gasteiger partial charge < -0.3 is 10.1 Å². The Kier molecular flexibility index (Phi) is 5.12. The van der Waals surface area contributed by atoms with Crippen LogP contribution in [-0.4, -0.2) is 23.0 Å². The number of halogens is 2. The Morgan fingerprint density at radius 2 is 1.85 bits per heavy atom. The third-order valence-corrected chi connectivity index (χ3v) is 3.90. The Morgan fingerprint density at radius 3 is 2.63 bits per heavy atom. The summed E-state index contributed by atoms with van der Waals surface area (Å²) in [5, 5.41) is 2.81. The highest BCUT2D eigenvalue weighted by molar-refractivity contribution is 6.05. The van der Waals surface area contributed by atoms with Crippen molar-refractivity contribution in [1.29, 1.82) is 0 Å². The van der Waals surface area contributed by atoms with Gasteiger partial charge in [0, 0.05) is 17.1 Å². The van der Waals surface area contributed by atoms with Gasteiger partial charge in [0.1, 0.15) is 11.6 Å². The number of fused-ring (bicyclic) bond motifs is 1. The Labute approximate surface area is 154 Å². The first kappa shape index (κ1) is 18.4. The molecule has 0 saturated carbocycles. The molecule has 1 N–H and O–H groups in total. The van der Waals surface area contributed by atoms with E-state index in [1.54, 1.807) is 37.3 Å². The predicted octanol–water partition coefficient (Wildman–Crippen LogP) is 4.01. The molecule has 7 heteroatoms. The van der Waals surface area contributed by atoms with Crippen LogP contribution in [0.4, 0.5) is 14.5 Å². The number of aromatic nitrogens is 1. The molecule has 27 heavy (non-hydrogen) atoms. The molecular weight excluding hydrogens is 354 g/mol. The SMILES string of the molecule is Cc1cc(C(=O)O[C@H](C)C(=O)Nc2cc(F)ccc2F)c2ccccc2n1. The Hall–Kier alpha value is -3.35. The second-order valence-corrected chi connectivity index (χ2v) is 5.99. The van der Waals surface area contributed by atoms with Gasteiger partial charge in [-0.1, -0.05) is 18.2 Å². The van der Waals surface area contributed by atoms with Crippen molar-refractivity contribution < 1.29 is 23.1 Å². The lowest BCUT2D eigenvalue weighted by atomic mass is 10.1. The number of ether oxygens (including phenoxy) is 1. The van der Waals surface area contributed by atoms with Crippen LogP contribution < -0.4 is 5.32 Å². The van der Waals surface area contributed by atoms with Crippen LogP contribution in [0.3, 0.4) is 0 Å². The van der Waals surface area contributed by atoms with Gasteiger partial charge in [0.25, 0.3) is 5.91 Å². The molecule has 0 aliphatic carbocycles. The number of aryl methyl sites for hydroxylation is 1. The smallest absolute Gasteiger partial charge is 0.339 e. The van der Waals surface area contributed by atoms with E-state index < -0.39 is 29.6 Å². The lowest BCUT2D eigenvalue weighted by molar-refractivity contribution is -0.123. The van der Waals surface area contributed by atoms with E-state index in [1.807, 2.05) is 0 Å². The molecule has 1 amide bonds. The first-order chi connectivity index (χ1) is 12.8. The largest absolute Gasteiger partial charge is 0.449 e. The molecular formula is C20H16F2N2O3. The fourth-order valence-electron chi connectivity index (χ4n) is 2.58. The average Bonchev–Trinajstić information content (AvgIpc) is 2.63. The van der Waals surface area contributed by atoms with Crippen LogP contribution in [0.5, 0.6) is 0 Å². The Bertz CT molecular complexity index is 1040. The van der Waals surface area contributed by atoms with Crippen LogP contribution in [0, 0.1) is 18.6 Å². The number of para-hydroxylation sites is 1. The minimum atomic E-state index is -1.22. The Morgan fingerprint density at radius 1 is 1.11 bits per heavy atom. The van der Waals surface area contributed by atoms with E-state index in [1.165, 1.54) is 6.92 Å². The van der Waals surface area contributed by atoms with Crippen LogP contribution >= 0.6 is 0 Å². The summed E-state index contributed by atoms with van der Waals surface area (Å²) < 4.78 is 32.1. The molecule has 3 rings (SSSR count). The van der Waals surface area contributed by atoms with Gasteiger partial charge in [-0.2, -0.15) is 0 Å². The van der Waals surface area contributed by atoms with Gasteiger partial charge in [-0.15, -0.1) is 0 Å². The van der Waals surface area contributed by atoms with Gasteiger partial charge in [0.15, 0.2) is 6.10 Å². The number of nitrogens with zero attached hydrogens (tertiary/aromatic N) is 1. The van der Waals surface area contributed by atoms with Crippen LogP contribution in [0.1, 0.15) is 23.0 Å². The highest BCUT2D eigenvalue weighted by atomic mass is 19.1. The summed E-state index contributed by atoms with van der Waals surface area (Å²) in [5.74, 6) is -2.98. The number of hydrogen-bond acceptors (Lipinski definition) is 4. The maximum absolute atomic E-state index is 13.6. The van der Waals surface area contributed by atoms with Crippen LogP contribution in [0.25, 0.3) is 10.9 Å². The number of amides is 1. The quantitative estimate of drug-likeness (QED) is 0.705. The minimum absolute atomic E-state index is 0.273. The number of anilines is 1. The molecule has 0 radical (unpaired) electrons. The molecule has 1 atom stereocenters. The third-order valence-electron chi connectivity index (χ3n) is 3.90. The molecule has 0 fully saturated rings. The molecule has 0 unspecified atom stereocenters. The van der Waals surface area contributed by atoms with Crippen LogP contribution in [-0.2, 0) is 9.53 Å². The summed E-state index contributed by atoms with van der Waals surface area (Å²) in [7, 11) is 0. The molecule has 0 spiro atoms. The Balaban J connectivity index is 1.78. The maximum atomic E-state index is 13.6. The lowest BCUT2D eigenvalue weighted by Gasteiger charge is -2.15. The fourth-order valence-corrected chi connectivity index (χ4v) is 2.58. The van der Waals surface area contributed by atoms with Gasteiger partial charge in [-0.25, -0.2) is 13.6 Å². The minimum Gasteiger partial charge on any atom is -0.449 e. The molecule has 1 heterocycles. The molecule has 0 aliphatic heterocycles. The van der Waals surface area contributed by atoms with Gasteiger partial charge in [-0.05, 0) is 38.1 Å². The van der Waals surface area contributed by atoms with Crippen molar-refractivity contribution in [2.24, 2.45) is 0 Å². The van der Waals surface area contributed by atoms with E-state index in [2.05, 4.69) is 10.3 Å². The number of carbonyl (C=O) groups is 2. The highest BCUT2D eigenvalue weighted by Crippen LogP contribution is 2.20. The van der Waals surface area contributed by atoms with Crippen molar-refractivity contribution in [1.82, 2.24) is 4.98 Å². The predicted molar refractivity (Wildman–Crippen MR) is 96.3 cm³/mol. The van der Waals surface area contributed by atoms with Crippen molar-refractivity contribution in [3.05, 3.63) is 71.4 Å². The molecule has 5 nitrogen and oxygen atoms in total. The summed E-state index contributed by atoms with van der Waals surface area (Å²) in [6.07, 6.45) is -1.22. The molecule has 3 aromatic rings. The average molecular weight is 370 g/mol. The van der Waals surface area contributed by atoms with Crippen LogP contribution in [0.15, 0.2) is 48.5 Å². The van der Waals surface area contributed by atoms with Crippen molar-refractivity contribution in [2.45, 2.75) is 20.0 Å². The molecule has 1 aromatic heterocycles. The molecule has 2 aromatic carbocycles. The zero-order valence-corrected chi connectivity index (χ0v) is 14.6. The second kappa shape index (κ2) is 7.49. The maximum Gasteiger partial charge on any atom is 0.339 e. The number of benzene rings is 2. The second-order valence-electron chi connectivity index (χ2n) is 5.99. The van der Waals surface area contributed by atoms with Crippen molar-refractivity contribution >= 4 is 28.5 Å². The highest BCUT2D eigenvalue weighted by Gasteiger charge is 2.22. The first-order valence-corrected chi connectivity index (χ1v) is 8.18. The van der Waals surface area contributed by atoms with Crippen molar-refractivity contribution in [3.63, 3.8) is 0 Å².